The number of fused-ring (bicyclic) bond motifs is 1. The highest BCUT2D eigenvalue weighted by atomic mass is 32.1. The summed E-state index contributed by atoms with van der Waals surface area (Å²) < 4.78 is 0. The first-order valence-corrected chi connectivity index (χ1v) is 10.7. The molecule has 0 aliphatic rings. The normalized spacial score (nSPS) is 11.2. The van der Waals surface area contributed by atoms with Crippen LogP contribution in [0.25, 0.3) is 21.3 Å². The van der Waals surface area contributed by atoms with Crippen LogP contribution in [0.3, 0.4) is 0 Å². The number of nitrogens with zero attached hydrogens (tertiary/aromatic N) is 3. The fourth-order valence-corrected chi connectivity index (χ4v) is 4.26. The van der Waals surface area contributed by atoms with E-state index in [9.17, 15) is 4.79 Å². The van der Waals surface area contributed by atoms with Crippen LogP contribution >= 0.6 is 11.3 Å². The molecule has 6 nitrogen and oxygen atoms in total. The monoisotopic (exact) mass is 411 g/mol. The number of anilines is 1. The Labute approximate surface area is 176 Å². The van der Waals surface area contributed by atoms with Crippen molar-refractivity contribution in [3.05, 3.63) is 41.0 Å². The van der Waals surface area contributed by atoms with Gasteiger partial charge in [-0.05, 0) is 46.5 Å². The zero-order chi connectivity index (χ0) is 20.8. The second kappa shape index (κ2) is 9.80. The molecule has 0 bridgehead atoms. The van der Waals surface area contributed by atoms with Gasteiger partial charge in [-0.3, -0.25) is 4.79 Å². The van der Waals surface area contributed by atoms with Gasteiger partial charge in [0, 0.05) is 30.0 Å². The van der Waals surface area contributed by atoms with Gasteiger partial charge in [-0.25, -0.2) is 9.97 Å². The fraction of sp³-hybridized carbons (Fsp3) is 0.409. The van der Waals surface area contributed by atoms with Crippen LogP contribution in [0.2, 0.25) is 0 Å². The minimum absolute atomic E-state index is 0.0572. The number of carbonyl (C=O) groups is 1. The Morgan fingerprint density at radius 1 is 1.10 bits per heavy atom. The van der Waals surface area contributed by atoms with Gasteiger partial charge in [-0.15, -0.1) is 11.3 Å². The molecule has 0 unspecified atom stereocenters. The summed E-state index contributed by atoms with van der Waals surface area (Å²) >= 11 is 1.67. The van der Waals surface area contributed by atoms with Crippen molar-refractivity contribution in [1.82, 2.24) is 20.2 Å². The Morgan fingerprint density at radius 2 is 1.86 bits per heavy atom. The molecule has 2 heterocycles. The molecular formula is C22H29N5OS. The van der Waals surface area contributed by atoms with Crippen molar-refractivity contribution in [3.63, 3.8) is 0 Å². The van der Waals surface area contributed by atoms with E-state index in [1.807, 2.05) is 14.1 Å². The molecule has 3 rings (SSSR count). The fourth-order valence-electron chi connectivity index (χ4n) is 3.25. The van der Waals surface area contributed by atoms with E-state index in [-0.39, 0.29) is 5.91 Å². The van der Waals surface area contributed by atoms with E-state index >= 15 is 0 Å². The quantitative estimate of drug-likeness (QED) is 0.524. The Hall–Kier alpha value is -2.51. The molecule has 0 fully saturated rings. The summed E-state index contributed by atoms with van der Waals surface area (Å²) in [6.07, 6.45) is 2.95. The first kappa shape index (κ1) is 21.2. The average molecular weight is 412 g/mol. The number of carbonyl (C=O) groups excluding carboxylic acids is 1. The smallest absolute Gasteiger partial charge is 0.221 e. The SMILES string of the molecule is Cc1ccc(-c2c(C)sc3ncnc(NCCC(=O)NCCCN(C)C)c23)cc1. The molecule has 7 heteroatoms. The Morgan fingerprint density at radius 3 is 2.59 bits per heavy atom. The van der Waals surface area contributed by atoms with Crippen molar-refractivity contribution in [3.8, 4) is 11.1 Å². The number of rotatable bonds is 9. The molecule has 2 N–H and O–H groups in total. The molecule has 3 aromatic rings. The van der Waals surface area contributed by atoms with Gasteiger partial charge in [0.2, 0.25) is 5.91 Å². The van der Waals surface area contributed by atoms with Gasteiger partial charge in [0.25, 0.3) is 0 Å². The minimum Gasteiger partial charge on any atom is -0.369 e. The number of benzene rings is 1. The molecule has 0 saturated heterocycles. The van der Waals surface area contributed by atoms with Crippen LogP contribution in [0, 0.1) is 13.8 Å². The predicted molar refractivity (Wildman–Crippen MR) is 122 cm³/mol. The van der Waals surface area contributed by atoms with Crippen LogP contribution in [0.5, 0.6) is 0 Å². The topological polar surface area (TPSA) is 70.1 Å². The summed E-state index contributed by atoms with van der Waals surface area (Å²) in [5.74, 6) is 0.845. The van der Waals surface area contributed by atoms with Gasteiger partial charge in [0.15, 0.2) is 0 Å². The molecule has 1 amide bonds. The maximum atomic E-state index is 12.1. The lowest BCUT2D eigenvalue weighted by Crippen LogP contribution is -2.28. The number of hydrogen-bond donors (Lipinski definition) is 2. The van der Waals surface area contributed by atoms with Crippen molar-refractivity contribution in [2.75, 3.05) is 39.0 Å². The van der Waals surface area contributed by atoms with Crippen LogP contribution in [0.4, 0.5) is 5.82 Å². The number of nitrogens with one attached hydrogen (secondary N) is 2. The summed E-state index contributed by atoms with van der Waals surface area (Å²) in [6, 6.07) is 8.52. The summed E-state index contributed by atoms with van der Waals surface area (Å²) in [6.45, 7) is 6.41. The first-order valence-electron chi connectivity index (χ1n) is 9.92. The van der Waals surface area contributed by atoms with Crippen LogP contribution in [0.1, 0.15) is 23.3 Å². The van der Waals surface area contributed by atoms with E-state index in [0.29, 0.717) is 19.5 Å². The Balaban J connectivity index is 1.69. The second-order valence-electron chi connectivity index (χ2n) is 7.49. The van der Waals surface area contributed by atoms with Gasteiger partial charge in [-0.1, -0.05) is 29.8 Å². The van der Waals surface area contributed by atoms with Crippen LogP contribution < -0.4 is 10.6 Å². The molecule has 0 radical (unpaired) electrons. The number of amides is 1. The molecular weight excluding hydrogens is 382 g/mol. The molecule has 0 spiro atoms. The highest BCUT2D eigenvalue weighted by Gasteiger charge is 2.16. The number of hydrogen-bond acceptors (Lipinski definition) is 6. The van der Waals surface area contributed by atoms with Gasteiger partial charge >= 0.3 is 0 Å². The van der Waals surface area contributed by atoms with Gasteiger partial charge in [0.1, 0.15) is 17.0 Å². The van der Waals surface area contributed by atoms with Gasteiger partial charge < -0.3 is 15.5 Å². The predicted octanol–water partition coefficient (Wildman–Crippen LogP) is 3.85. The number of aryl methyl sites for hydroxylation is 2. The highest BCUT2D eigenvalue weighted by molar-refractivity contribution is 7.19. The first-order chi connectivity index (χ1) is 14.0. The van der Waals surface area contributed by atoms with Gasteiger partial charge in [0.05, 0.1) is 5.39 Å². The third-order valence-electron chi connectivity index (χ3n) is 4.75. The Bertz CT molecular complexity index is 965. The lowest BCUT2D eigenvalue weighted by atomic mass is 10.0. The Kier molecular flexibility index (Phi) is 7.17. The maximum absolute atomic E-state index is 12.1. The molecule has 154 valence electrons. The van der Waals surface area contributed by atoms with E-state index in [1.54, 1.807) is 17.7 Å². The van der Waals surface area contributed by atoms with E-state index in [1.165, 1.54) is 16.0 Å². The maximum Gasteiger partial charge on any atom is 0.221 e. The molecule has 1 aromatic carbocycles. The zero-order valence-corrected chi connectivity index (χ0v) is 18.4. The lowest BCUT2D eigenvalue weighted by molar-refractivity contribution is -0.120. The van der Waals surface area contributed by atoms with E-state index in [0.717, 1.165) is 34.6 Å². The standard InChI is InChI=1S/C22H29N5OS/c1-15-6-8-17(9-7-15)19-16(2)29-22-20(19)21(25-14-26-22)24-12-10-18(28)23-11-5-13-27(3)4/h6-9,14H,5,10-13H2,1-4H3,(H,23,28)(H,24,25,26). The molecule has 0 atom stereocenters. The largest absolute Gasteiger partial charge is 0.369 e. The van der Waals surface area contributed by atoms with Crippen molar-refractivity contribution in [1.29, 1.82) is 0 Å². The summed E-state index contributed by atoms with van der Waals surface area (Å²) in [5, 5.41) is 7.35. The molecule has 0 aliphatic carbocycles. The molecule has 2 aromatic heterocycles. The van der Waals surface area contributed by atoms with Crippen molar-refractivity contribution >= 4 is 33.3 Å². The molecule has 0 aliphatic heterocycles. The van der Waals surface area contributed by atoms with Crippen molar-refractivity contribution in [2.24, 2.45) is 0 Å². The zero-order valence-electron chi connectivity index (χ0n) is 17.6. The lowest BCUT2D eigenvalue weighted by Gasteiger charge is -2.11. The summed E-state index contributed by atoms with van der Waals surface area (Å²) in [7, 11) is 4.07. The van der Waals surface area contributed by atoms with E-state index < -0.39 is 0 Å². The molecule has 29 heavy (non-hydrogen) atoms. The third kappa shape index (κ3) is 5.52. The summed E-state index contributed by atoms with van der Waals surface area (Å²) in [5.41, 5.74) is 3.56. The van der Waals surface area contributed by atoms with Crippen molar-refractivity contribution < 1.29 is 4.79 Å². The second-order valence-corrected chi connectivity index (χ2v) is 8.69. The van der Waals surface area contributed by atoms with Crippen molar-refractivity contribution in [2.45, 2.75) is 26.7 Å². The number of aromatic nitrogens is 2. The highest BCUT2D eigenvalue weighted by Crippen LogP contribution is 2.40. The third-order valence-corrected chi connectivity index (χ3v) is 5.77. The molecule has 0 saturated carbocycles. The van der Waals surface area contributed by atoms with Crippen LogP contribution in [-0.4, -0.2) is 54.5 Å². The van der Waals surface area contributed by atoms with Crippen LogP contribution in [0.15, 0.2) is 30.6 Å². The average Bonchev–Trinajstić information content (AvgIpc) is 3.02. The summed E-state index contributed by atoms with van der Waals surface area (Å²) in [4.78, 5) is 25.3. The van der Waals surface area contributed by atoms with Crippen LogP contribution in [-0.2, 0) is 4.79 Å². The van der Waals surface area contributed by atoms with Gasteiger partial charge in [-0.2, -0.15) is 0 Å². The van der Waals surface area contributed by atoms with E-state index in [4.69, 9.17) is 0 Å². The van der Waals surface area contributed by atoms with E-state index in [2.05, 4.69) is 63.6 Å². The minimum atomic E-state index is 0.0572. The number of thiophene rings is 1.